The molecule has 1 heterocycles. The molecule has 0 N–H and O–H groups in total. The number of aromatic nitrogens is 1. The first-order valence-corrected chi connectivity index (χ1v) is 13.0. The first-order chi connectivity index (χ1) is 19.7. The van der Waals surface area contributed by atoms with Crippen molar-refractivity contribution in [3.05, 3.63) is 183 Å². The molecule has 0 fully saturated rings. The van der Waals surface area contributed by atoms with Gasteiger partial charge in [-0.2, -0.15) is 0 Å². The van der Waals surface area contributed by atoms with Crippen LogP contribution in [0.4, 0.5) is 17.1 Å². The monoisotopic (exact) mass is 708 g/mol. The third kappa shape index (κ3) is 7.25. The van der Waals surface area contributed by atoms with Crippen molar-refractivity contribution in [2.75, 3.05) is 4.90 Å². The van der Waals surface area contributed by atoms with Gasteiger partial charge in [0.1, 0.15) is 11.4 Å². The van der Waals surface area contributed by atoms with E-state index in [-0.39, 0.29) is 22.4 Å². The molecule has 0 aliphatic carbocycles. The molecule has 0 amide bonds. The normalized spacial score (nSPS) is 9.83. The SMILES string of the molecule is [Au].[C-]#Cc1ccc(N(c2ccccc2)c2ccccc2)cc1.[CH2-][n+]1c(-c2[c-]cccc2)cccc1-c1[c-]cccc1. The predicted octanol–water partition coefficient (Wildman–Crippen LogP) is 8.64. The Balaban J connectivity index is 0.000000185. The van der Waals surface area contributed by atoms with Crippen molar-refractivity contribution < 1.29 is 26.9 Å². The van der Waals surface area contributed by atoms with Crippen molar-refractivity contribution in [3.8, 4) is 28.4 Å². The summed E-state index contributed by atoms with van der Waals surface area (Å²) in [7, 11) is 4.15. The molecule has 0 bridgehead atoms. The van der Waals surface area contributed by atoms with E-state index in [2.05, 4.69) is 54.3 Å². The molecule has 2 nitrogen and oxygen atoms in total. The van der Waals surface area contributed by atoms with Crippen LogP contribution in [0, 0.1) is 31.5 Å². The molecule has 0 atom stereocenters. The molecule has 5 aromatic carbocycles. The molecule has 3 heteroatoms. The van der Waals surface area contributed by atoms with Gasteiger partial charge in [-0.05, 0) is 36.4 Å². The number of hydrogen-bond donors (Lipinski definition) is 0. The molecule has 0 saturated carbocycles. The Morgan fingerprint density at radius 2 is 0.976 bits per heavy atom. The van der Waals surface area contributed by atoms with E-state index >= 15 is 0 Å². The summed E-state index contributed by atoms with van der Waals surface area (Å²) >= 11 is 0. The molecule has 6 aromatic rings. The van der Waals surface area contributed by atoms with Crippen molar-refractivity contribution in [1.29, 1.82) is 0 Å². The molecule has 1 radical (unpaired) electrons. The Labute approximate surface area is 259 Å². The van der Waals surface area contributed by atoms with Crippen LogP contribution in [0.2, 0.25) is 0 Å². The van der Waals surface area contributed by atoms with Crippen LogP contribution in [-0.2, 0) is 22.4 Å². The summed E-state index contributed by atoms with van der Waals surface area (Å²) in [6.45, 7) is 0. The smallest absolute Gasteiger partial charge is 0.118 e. The van der Waals surface area contributed by atoms with Crippen molar-refractivity contribution in [2.45, 2.75) is 0 Å². The third-order valence-corrected chi connectivity index (χ3v) is 6.36. The van der Waals surface area contributed by atoms with Crippen LogP contribution >= 0.6 is 0 Å². The van der Waals surface area contributed by atoms with Crippen LogP contribution in [-0.4, -0.2) is 0 Å². The van der Waals surface area contributed by atoms with Gasteiger partial charge in [0.15, 0.2) is 0 Å². The molecule has 0 spiro atoms. The number of rotatable bonds is 5. The summed E-state index contributed by atoms with van der Waals surface area (Å²) in [5.74, 6) is 2.40. The fraction of sp³-hybridized carbons (Fsp3) is 0. The van der Waals surface area contributed by atoms with Gasteiger partial charge in [-0.25, -0.2) is 0 Å². The number of nitrogens with zero attached hydrogens (tertiary/aromatic N) is 2. The van der Waals surface area contributed by atoms with E-state index in [1.54, 1.807) is 0 Å². The van der Waals surface area contributed by atoms with E-state index in [1.165, 1.54) is 0 Å². The first-order valence-electron chi connectivity index (χ1n) is 13.0. The zero-order chi connectivity index (χ0) is 27.6. The van der Waals surface area contributed by atoms with Gasteiger partial charge in [0, 0.05) is 46.5 Å². The minimum atomic E-state index is 0. The Bertz CT molecular complexity index is 1580. The summed E-state index contributed by atoms with van der Waals surface area (Å²) in [6, 6.07) is 56.8. The Morgan fingerprint density at radius 3 is 1.39 bits per heavy atom. The summed E-state index contributed by atoms with van der Waals surface area (Å²) in [5, 5.41) is 0. The molecule has 0 aliphatic rings. The van der Waals surface area contributed by atoms with Crippen LogP contribution in [0.25, 0.3) is 22.5 Å². The standard InChI is InChI=1S/C20H14N.C18H13N.Au/c1-2-17-13-15-20(16-14-17)21(18-9-5-3-6-10-18)19-11-7-4-8-12-19;1-19-17(15-9-4-2-5-10-15)13-8-14-18(19)16-11-6-3-7-12-16;/h3-16H;2-9,11,13-14H,1H2;/q-1;-2;. The van der Waals surface area contributed by atoms with Gasteiger partial charge in [0.2, 0.25) is 0 Å². The second kappa shape index (κ2) is 14.6. The fourth-order valence-electron chi connectivity index (χ4n) is 4.41. The maximum atomic E-state index is 7.19. The molecule has 0 aliphatic heterocycles. The zero-order valence-corrected chi connectivity index (χ0v) is 24.5. The quantitative estimate of drug-likeness (QED) is 0.0753. The van der Waals surface area contributed by atoms with Gasteiger partial charge in [-0.15, -0.1) is 78.4 Å². The molecule has 203 valence electrons. The van der Waals surface area contributed by atoms with Gasteiger partial charge in [-0.1, -0.05) is 65.7 Å². The van der Waals surface area contributed by atoms with Crippen LogP contribution in [0.1, 0.15) is 5.56 Å². The predicted molar refractivity (Wildman–Crippen MR) is 163 cm³/mol. The molecule has 6 rings (SSSR count). The van der Waals surface area contributed by atoms with E-state index < -0.39 is 0 Å². The largest absolute Gasteiger partial charge is 0.366 e. The molecule has 1 aromatic heterocycles. The topological polar surface area (TPSA) is 7.12 Å². The maximum absolute atomic E-state index is 7.19. The zero-order valence-electron chi connectivity index (χ0n) is 22.3. The van der Waals surface area contributed by atoms with Crippen molar-refractivity contribution in [2.24, 2.45) is 0 Å². The molecule has 41 heavy (non-hydrogen) atoms. The summed E-state index contributed by atoms with van der Waals surface area (Å²) in [6.07, 6.45) is 7.19. The van der Waals surface area contributed by atoms with Gasteiger partial charge in [0.25, 0.3) is 0 Å². The average Bonchev–Trinajstić information content (AvgIpc) is 3.04. The average molecular weight is 709 g/mol. The minimum absolute atomic E-state index is 0. The molecule has 0 saturated heterocycles. The van der Waals surface area contributed by atoms with Gasteiger partial charge in [0.05, 0.1) is 0 Å². The number of anilines is 3. The second-order valence-electron chi connectivity index (χ2n) is 8.96. The first kappa shape index (κ1) is 29.2. The summed E-state index contributed by atoms with van der Waals surface area (Å²) < 4.78 is 1.93. The molecular weight excluding hydrogens is 681 g/mol. The van der Waals surface area contributed by atoms with Crippen LogP contribution in [0.3, 0.4) is 0 Å². The van der Waals surface area contributed by atoms with E-state index in [0.717, 1.165) is 45.1 Å². The van der Waals surface area contributed by atoms with E-state index in [1.807, 2.05) is 132 Å². The van der Waals surface area contributed by atoms with Gasteiger partial charge < -0.3 is 15.9 Å². The molecule has 0 unspecified atom stereocenters. The number of hydrogen-bond acceptors (Lipinski definition) is 1. The number of para-hydroxylation sites is 2. The van der Waals surface area contributed by atoms with E-state index in [9.17, 15) is 0 Å². The Kier molecular flexibility index (Phi) is 10.4. The van der Waals surface area contributed by atoms with Crippen LogP contribution < -0.4 is 9.47 Å². The second-order valence-corrected chi connectivity index (χ2v) is 8.96. The van der Waals surface area contributed by atoms with Gasteiger partial charge in [-0.3, -0.25) is 5.92 Å². The third-order valence-electron chi connectivity index (χ3n) is 6.36. The summed E-state index contributed by atoms with van der Waals surface area (Å²) in [5.41, 5.74) is 8.20. The molecular formula is C38H27AuN2-3. The van der Waals surface area contributed by atoms with Gasteiger partial charge >= 0.3 is 0 Å². The van der Waals surface area contributed by atoms with E-state index in [4.69, 9.17) is 6.42 Å². The number of pyridine rings is 1. The Morgan fingerprint density at radius 1 is 0.537 bits per heavy atom. The summed E-state index contributed by atoms with van der Waals surface area (Å²) in [4.78, 5) is 2.19. The van der Waals surface area contributed by atoms with E-state index in [0.29, 0.717) is 0 Å². The Hall–Kier alpha value is -4.78. The van der Waals surface area contributed by atoms with Crippen molar-refractivity contribution in [3.63, 3.8) is 0 Å². The maximum Gasteiger partial charge on any atom is 0.118 e. The van der Waals surface area contributed by atoms with Crippen molar-refractivity contribution in [1.82, 2.24) is 0 Å². The van der Waals surface area contributed by atoms with Crippen molar-refractivity contribution >= 4 is 17.1 Å². The van der Waals surface area contributed by atoms with Crippen LogP contribution in [0.5, 0.6) is 0 Å². The fourth-order valence-corrected chi connectivity index (χ4v) is 4.41. The minimum Gasteiger partial charge on any atom is -0.366 e. The van der Waals surface area contributed by atoms with Crippen LogP contribution in [0.15, 0.2) is 152 Å². The number of benzene rings is 5.